The van der Waals surface area contributed by atoms with E-state index in [9.17, 15) is 13.2 Å². The molecule has 1 aliphatic rings. The number of rotatable bonds is 4. The molecule has 9 heteroatoms. The summed E-state index contributed by atoms with van der Waals surface area (Å²) in [6.45, 7) is 0. The smallest absolute Gasteiger partial charge is 0.267 e. The maximum absolute atomic E-state index is 12.5. The van der Waals surface area contributed by atoms with Crippen molar-refractivity contribution in [1.29, 1.82) is 0 Å². The van der Waals surface area contributed by atoms with Crippen molar-refractivity contribution in [3.8, 4) is 0 Å². The number of nitrogens with zero attached hydrogens (tertiary/aromatic N) is 1. The molecular weight excluding hydrogens is 400 g/mol. The third-order valence-electron chi connectivity index (χ3n) is 3.23. The lowest BCUT2D eigenvalue weighted by Crippen LogP contribution is -2.44. The number of halogens is 1. The number of carbonyl (C=O) groups is 1. The summed E-state index contributed by atoms with van der Waals surface area (Å²) in [7, 11) is -3.90. The molecule has 0 bridgehead atoms. The molecule has 0 spiro atoms. The molecule has 0 aliphatic carbocycles. The van der Waals surface area contributed by atoms with E-state index in [4.69, 9.17) is 23.8 Å². The van der Waals surface area contributed by atoms with Gasteiger partial charge < -0.3 is 0 Å². The van der Waals surface area contributed by atoms with E-state index in [0.29, 0.717) is 9.93 Å². The van der Waals surface area contributed by atoms with Crippen molar-refractivity contribution < 1.29 is 13.2 Å². The van der Waals surface area contributed by atoms with Gasteiger partial charge in [-0.15, -0.1) is 4.83 Å². The topological polar surface area (TPSA) is 66.5 Å². The molecule has 25 heavy (non-hydrogen) atoms. The second-order valence-corrected chi connectivity index (χ2v) is 8.75. The molecule has 0 saturated carbocycles. The molecule has 3 rings (SSSR count). The summed E-state index contributed by atoms with van der Waals surface area (Å²) < 4.78 is 24.9. The van der Waals surface area contributed by atoms with Gasteiger partial charge in [0.2, 0.25) is 0 Å². The van der Waals surface area contributed by atoms with Gasteiger partial charge in [-0.3, -0.25) is 4.79 Å². The van der Waals surface area contributed by atoms with Crippen LogP contribution >= 0.6 is 35.6 Å². The maximum atomic E-state index is 12.5. The number of hydrazine groups is 1. The Morgan fingerprint density at radius 1 is 1.08 bits per heavy atom. The number of amides is 1. The fraction of sp³-hybridized carbons (Fsp3) is 0. The van der Waals surface area contributed by atoms with Gasteiger partial charge in [0.15, 0.2) is 4.32 Å². The van der Waals surface area contributed by atoms with Gasteiger partial charge in [0.25, 0.3) is 15.9 Å². The lowest BCUT2D eigenvalue weighted by Gasteiger charge is -2.15. The Morgan fingerprint density at radius 2 is 1.72 bits per heavy atom. The molecule has 1 aliphatic heterocycles. The summed E-state index contributed by atoms with van der Waals surface area (Å²) in [6, 6.07) is 14.7. The molecule has 1 amide bonds. The molecule has 128 valence electrons. The van der Waals surface area contributed by atoms with Gasteiger partial charge in [0, 0.05) is 5.02 Å². The Labute approximate surface area is 159 Å². The SMILES string of the molecule is O=C1/C(=C\c2ccc(Cl)cc2)SC(=S)N1NS(=O)(=O)c1ccccc1. The molecule has 0 atom stereocenters. The van der Waals surface area contributed by atoms with Crippen molar-refractivity contribution in [3.63, 3.8) is 0 Å². The van der Waals surface area contributed by atoms with Crippen LogP contribution in [0.3, 0.4) is 0 Å². The summed E-state index contributed by atoms with van der Waals surface area (Å²) in [6.07, 6.45) is 1.63. The number of nitrogens with one attached hydrogen (secondary N) is 1. The van der Waals surface area contributed by atoms with Gasteiger partial charge in [-0.1, -0.05) is 65.9 Å². The van der Waals surface area contributed by atoms with Crippen LogP contribution in [0.1, 0.15) is 5.56 Å². The highest BCUT2D eigenvalue weighted by Gasteiger charge is 2.35. The minimum atomic E-state index is -3.90. The Bertz CT molecular complexity index is 958. The molecule has 1 fully saturated rings. The standard InChI is InChI=1S/C16H11ClN2O3S3/c17-12-8-6-11(7-9-12)10-14-15(20)19(16(23)24-14)18-25(21,22)13-4-2-1-3-5-13/h1-10,18H/b14-10+. The molecular formula is C16H11ClN2O3S3. The second-order valence-electron chi connectivity index (χ2n) is 4.98. The van der Waals surface area contributed by atoms with Crippen molar-refractivity contribution >= 4 is 61.9 Å². The van der Waals surface area contributed by atoms with Crippen LogP contribution in [0.15, 0.2) is 64.4 Å². The molecule has 1 saturated heterocycles. The van der Waals surface area contributed by atoms with Crippen LogP contribution in [0, 0.1) is 0 Å². The fourth-order valence-electron chi connectivity index (χ4n) is 2.03. The molecule has 0 aromatic heterocycles. The second kappa shape index (κ2) is 7.27. The summed E-state index contributed by atoms with van der Waals surface area (Å²) in [5, 5.41) is 1.45. The minimum Gasteiger partial charge on any atom is -0.267 e. The fourth-order valence-corrected chi connectivity index (χ4v) is 4.49. The van der Waals surface area contributed by atoms with E-state index in [1.54, 1.807) is 48.5 Å². The Hall–Kier alpha value is -1.71. The highest BCUT2D eigenvalue weighted by Crippen LogP contribution is 2.32. The van der Waals surface area contributed by atoms with Crippen LogP contribution in [0.5, 0.6) is 0 Å². The first kappa shape index (κ1) is 18.1. The van der Waals surface area contributed by atoms with Gasteiger partial charge in [0.1, 0.15) is 0 Å². The molecule has 1 N–H and O–H groups in total. The van der Waals surface area contributed by atoms with Gasteiger partial charge in [-0.05, 0) is 35.9 Å². The van der Waals surface area contributed by atoms with Crippen LogP contribution in [0.2, 0.25) is 5.02 Å². The van der Waals surface area contributed by atoms with Crippen molar-refractivity contribution in [2.45, 2.75) is 4.90 Å². The van der Waals surface area contributed by atoms with Crippen molar-refractivity contribution in [1.82, 2.24) is 9.84 Å². The van der Waals surface area contributed by atoms with Crippen molar-refractivity contribution in [2.75, 3.05) is 0 Å². The van der Waals surface area contributed by atoms with E-state index < -0.39 is 15.9 Å². The average molecular weight is 411 g/mol. The van der Waals surface area contributed by atoms with Crippen LogP contribution < -0.4 is 4.83 Å². The van der Waals surface area contributed by atoms with Crippen LogP contribution in [-0.2, 0) is 14.8 Å². The molecule has 0 radical (unpaired) electrons. The monoisotopic (exact) mass is 410 g/mol. The van der Waals surface area contributed by atoms with E-state index in [0.717, 1.165) is 22.3 Å². The van der Waals surface area contributed by atoms with Gasteiger partial charge in [-0.2, -0.15) is 0 Å². The van der Waals surface area contributed by atoms with Gasteiger partial charge in [-0.25, -0.2) is 13.4 Å². The first-order valence-electron chi connectivity index (χ1n) is 6.98. The number of carbonyl (C=O) groups excluding carboxylic acids is 1. The minimum absolute atomic E-state index is 0.0470. The number of hydrogen-bond donors (Lipinski definition) is 1. The largest absolute Gasteiger partial charge is 0.281 e. The quantitative estimate of drug-likeness (QED) is 0.617. The summed E-state index contributed by atoms with van der Waals surface area (Å²) in [5.74, 6) is -0.524. The number of benzene rings is 2. The summed E-state index contributed by atoms with van der Waals surface area (Å²) in [4.78, 5) is 15.1. The summed E-state index contributed by atoms with van der Waals surface area (Å²) in [5.41, 5.74) is 0.760. The molecule has 1 heterocycles. The highest BCUT2D eigenvalue weighted by atomic mass is 35.5. The number of sulfonamides is 1. The lowest BCUT2D eigenvalue weighted by molar-refractivity contribution is -0.123. The third-order valence-corrected chi connectivity index (χ3v) is 6.10. The lowest BCUT2D eigenvalue weighted by atomic mass is 10.2. The van der Waals surface area contributed by atoms with Gasteiger partial charge in [0.05, 0.1) is 9.80 Å². The predicted octanol–water partition coefficient (Wildman–Crippen LogP) is 3.43. The zero-order chi connectivity index (χ0) is 18.0. The Morgan fingerprint density at radius 3 is 2.36 bits per heavy atom. The zero-order valence-corrected chi connectivity index (χ0v) is 15.8. The van der Waals surface area contributed by atoms with E-state index in [1.807, 2.05) is 0 Å². The van der Waals surface area contributed by atoms with E-state index >= 15 is 0 Å². The number of thiocarbonyl (C=S) groups is 1. The zero-order valence-electron chi connectivity index (χ0n) is 12.5. The average Bonchev–Trinajstić information content (AvgIpc) is 2.85. The molecule has 5 nitrogen and oxygen atoms in total. The predicted molar refractivity (Wildman–Crippen MR) is 103 cm³/mol. The Balaban J connectivity index is 1.83. The van der Waals surface area contributed by atoms with Gasteiger partial charge >= 0.3 is 0 Å². The first-order valence-corrected chi connectivity index (χ1v) is 10.1. The van der Waals surface area contributed by atoms with Crippen LogP contribution in [-0.4, -0.2) is 23.7 Å². The van der Waals surface area contributed by atoms with E-state index in [2.05, 4.69) is 4.83 Å². The highest BCUT2D eigenvalue weighted by molar-refractivity contribution is 8.26. The van der Waals surface area contributed by atoms with Crippen molar-refractivity contribution in [2.24, 2.45) is 0 Å². The number of hydrogen-bond acceptors (Lipinski definition) is 5. The Kier molecular flexibility index (Phi) is 5.26. The maximum Gasteiger partial charge on any atom is 0.281 e. The van der Waals surface area contributed by atoms with E-state index in [-0.39, 0.29) is 9.22 Å². The number of thioether (sulfide) groups is 1. The van der Waals surface area contributed by atoms with E-state index in [1.165, 1.54) is 12.1 Å². The third kappa shape index (κ3) is 4.10. The molecule has 2 aromatic carbocycles. The molecule has 2 aromatic rings. The molecule has 0 unspecified atom stereocenters. The van der Waals surface area contributed by atoms with Crippen LogP contribution in [0.4, 0.5) is 0 Å². The van der Waals surface area contributed by atoms with Crippen LogP contribution in [0.25, 0.3) is 6.08 Å². The normalized spacial score (nSPS) is 16.7. The first-order chi connectivity index (χ1) is 11.9. The summed E-state index contributed by atoms with van der Waals surface area (Å²) >= 11 is 12.0. The van der Waals surface area contributed by atoms with Crippen molar-refractivity contribution in [3.05, 3.63) is 70.1 Å².